The lowest BCUT2D eigenvalue weighted by molar-refractivity contribution is -0.00238. The van der Waals surface area contributed by atoms with Gasteiger partial charge < -0.3 is 4.74 Å². The van der Waals surface area contributed by atoms with Crippen molar-refractivity contribution >= 4 is 17.5 Å². The van der Waals surface area contributed by atoms with Crippen molar-refractivity contribution in [2.75, 3.05) is 7.11 Å². The molecule has 1 rings (SSSR count). The predicted molar refractivity (Wildman–Crippen MR) is 69.2 cm³/mol. The van der Waals surface area contributed by atoms with Crippen LogP contribution in [0.25, 0.3) is 0 Å². The van der Waals surface area contributed by atoms with Crippen LogP contribution in [0.15, 0.2) is 24.3 Å². The molecule has 0 aliphatic carbocycles. The summed E-state index contributed by atoms with van der Waals surface area (Å²) in [5.74, 6) is -0.277. The third-order valence-electron chi connectivity index (χ3n) is 2.45. The lowest BCUT2D eigenvalue weighted by Gasteiger charge is -2.29. The van der Waals surface area contributed by atoms with Gasteiger partial charge in [-0.3, -0.25) is 9.69 Å². The third kappa shape index (κ3) is 3.22. The van der Waals surface area contributed by atoms with Crippen molar-refractivity contribution in [2.24, 2.45) is 0 Å². The van der Waals surface area contributed by atoms with Crippen molar-refractivity contribution < 1.29 is 9.53 Å². The standard InChI is InChI=1S/C13H15ClN2O2/c1-9(2)16(12(8-15)18-3)13(17)10-5-4-6-11(14)7-10/h4-7,9,12H,1-3H3. The molecular weight excluding hydrogens is 252 g/mol. The first kappa shape index (κ1) is 14.5. The Morgan fingerprint density at radius 1 is 1.50 bits per heavy atom. The smallest absolute Gasteiger partial charge is 0.256 e. The fourth-order valence-electron chi connectivity index (χ4n) is 1.61. The van der Waals surface area contributed by atoms with Crippen molar-refractivity contribution in [1.29, 1.82) is 5.26 Å². The predicted octanol–water partition coefficient (Wildman–Crippen LogP) is 2.69. The minimum absolute atomic E-state index is 0.152. The summed E-state index contributed by atoms with van der Waals surface area (Å²) in [5.41, 5.74) is 0.438. The first-order valence-corrected chi connectivity index (χ1v) is 5.89. The molecule has 0 aliphatic heterocycles. The lowest BCUT2D eigenvalue weighted by atomic mass is 10.1. The fraction of sp³-hybridized carbons (Fsp3) is 0.385. The number of amides is 1. The number of carbonyl (C=O) groups excluding carboxylic acids is 1. The number of rotatable bonds is 4. The molecule has 0 radical (unpaired) electrons. The van der Waals surface area contributed by atoms with Gasteiger partial charge in [0.05, 0.1) is 0 Å². The number of hydrogen-bond donors (Lipinski definition) is 0. The number of nitrogens with zero attached hydrogens (tertiary/aromatic N) is 2. The van der Waals surface area contributed by atoms with Crippen molar-refractivity contribution in [3.05, 3.63) is 34.9 Å². The quantitative estimate of drug-likeness (QED) is 0.788. The summed E-state index contributed by atoms with van der Waals surface area (Å²) >= 11 is 5.85. The second kappa shape index (κ2) is 6.39. The van der Waals surface area contributed by atoms with Gasteiger partial charge in [0.2, 0.25) is 6.23 Å². The van der Waals surface area contributed by atoms with Gasteiger partial charge in [0.1, 0.15) is 6.07 Å². The molecule has 0 aliphatic rings. The Labute approximate surface area is 112 Å². The van der Waals surface area contributed by atoms with Gasteiger partial charge in [-0.25, -0.2) is 0 Å². The Bertz CT molecular complexity index is 468. The first-order valence-electron chi connectivity index (χ1n) is 5.52. The summed E-state index contributed by atoms with van der Waals surface area (Å²) in [5, 5.41) is 9.48. The normalized spacial score (nSPS) is 12.0. The molecule has 0 saturated carbocycles. The number of methoxy groups -OCH3 is 1. The van der Waals surface area contributed by atoms with E-state index in [0.717, 1.165) is 0 Å². The van der Waals surface area contributed by atoms with Crippen LogP contribution in [0.4, 0.5) is 0 Å². The highest BCUT2D eigenvalue weighted by Crippen LogP contribution is 2.16. The van der Waals surface area contributed by atoms with E-state index in [1.807, 2.05) is 19.9 Å². The van der Waals surface area contributed by atoms with Gasteiger partial charge in [-0.15, -0.1) is 0 Å². The maximum absolute atomic E-state index is 12.3. The van der Waals surface area contributed by atoms with Crippen LogP contribution in [0.3, 0.4) is 0 Å². The molecule has 0 aromatic heterocycles. The van der Waals surface area contributed by atoms with Gasteiger partial charge in [-0.1, -0.05) is 17.7 Å². The molecule has 0 heterocycles. The largest absolute Gasteiger partial charge is 0.349 e. The highest BCUT2D eigenvalue weighted by Gasteiger charge is 2.27. The summed E-state index contributed by atoms with van der Waals surface area (Å²) in [6, 6.07) is 8.42. The number of carbonyl (C=O) groups is 1. The van der Waals surface area contributed by atoms with Gasteiger partial charge >= 0.3 is 0 Å². The molecule has 1 aromatic carbocycles. The average Bonchev–Trinajstić information content (AvgIpc) is 2.34. The minimum Gasteiger partial charge on any atom is -0.349 e. The average molecular weight is 267 g/mol. The molecule has 0 N–H and O–H groups in total. The molecule has 0 saturated heterocycles. The van der Waals surface area contributed by atoms with Gasteiger partial charge in [-0.2, -0.15) is 5.26 Å². The van der Waals surface area contributed by atoms with E-state index in [1.54, 1.807) is 24.3 Å². The molecule has 1 aromatic rings. The van der Waals surface area contributed by atoms with Crippen LogP contribution in [0.5, 0.6) is 0 Å². The monoisotopic (exact) mass is 266 g/mol. The second-order valence-electron chi connectivity index (χ2n) is 4.03. The Morgan fingerprint density at radius 2 is 2.17 bits per heavy atom. The van der Waals surface area contributed by atoms with Crippen molar-refractivity contribution in [2.45, 2.75) is 26.1 Å². The molecule has 1 amide bonds. The Balaban J connectivity index is 3.08. The van der Waals surface area contributed by atoms with E-state index in [1.165, 1.54) is 12.0 Å². The Morgan fingerprint density at radius 3 is 2.61 bits per heavy atom. The summed E-state index contributed by atoms with van der Waals surface area (Å²) in [4.78, 5) is 13.7. The molecule has 18 heavy (non-hydrogen) atoms. The lowest BCUT2D eigenvalue weighted by Crippen LogP contribution is -2.45. The van der Waals surface area contributed by atoms with Crippen molar-refractivity contribution in [3.63, 3.8) is 0 Å². The second-order valence-corrected chi connectivity index (χ2v) is 4.47. The highest BCUT2D eigenvalue weighted by molar-refractivity contribution is 6.30. The first-order chi connectivity index (χ1) is 8.51. The molecule has 1 atom stereocenters. The zero-order chi connectivity index (χ0) is 13.7. The van der Waals surface area contributed by atoms with E-state index in [4.69, 9.17) is 21.6 Å². The Kier molecular flexibility index (Phi) is 5.14. The molecule has 4 nitrogen and oxygen atoms in total. The number of hydrogen-bond acceptors (Lipinski definition) is 3. The zero-order valence-electron chi connectivity index (χ0n) is 10.6. The van der Waals surface area contributed by atoms with Crippen molar-refractivity contribution in [1.82, 2.24) is 4.90 Å². The van der Waals surface area contributed by atoms with Crippen LogP contribution in [-0.4, -0.2) is 30.2 Å². The number of ether oxygens (including phenoxy) is 1. The molecule has 0 bridgehead atoms. The van der Waals surface area contributed by atoms with Gasteiger partial charge in [0.15, 0.2) is 0 Å². The zero-order valence-corrected chi connectivity index (χ0v) is 11.3. The van der Waals surface area contributed by atoms with Gasteiger partial charge in [0.25, 0.3) is 5.91 Å². The van der Waals surface area contributed by atoms with Crippen LogP contribution in [0.1, 0.15) is 24.2 Å². The molecule has 5 heteroatoms. The topological polar surface area (TPSA) is 53.3 Å². The van der Waals surface area contributed by atoms with E-state index < -0.39 is 6.23 Å². The summed E-state index contributed by atoms with van der Waals surface area (Å²) < 4.78 is 5.01. The van der Waals surface area contributed by atoms with Crippen LogP contribution in [0, 0.1) is 11.3 Å². The van der Waals surface area contributed by atoms with E-state index in [-0.39, 0.29) is 11.9 Å². The summed E-state index contributed by atoms with van der Waals surface area (Å²) in [7, 11) is 1.40. The molecule has 96 valence electrons. The molecule has 0 fully saturated rings. The molecule has 1 unspecified atom stereocenters. The molecule has 0 spiro atoms. The van der Waals surface area contributed by atoms with E-state index in [9.17, 15) is 4.79 Å². The number of halogens is 1. The number of nitriles is 1. The maximum Gasteiger partial charge on any atom is 0.256 e. The van der Waals surface area contributed by atoms with Crippen molar-refractivity contribution in [3.8, 4) is 6.07 Å². The SMILES string of the molecule is COC(C#N)N(C(=O)c1cccc(Cl)c1)C(C)C. The van der Waals surface area contributed by atoms with Gasteiger partial charge in [0, 0.05) is 23.7 Å². The van der Waals surface area contributed by atoms with Crippen LogP contribution in [0.2, 0.25) is 5.02 Å². The molecular formula is C13H15ClN2O2. The van der Waals surface area contributed by atoms with Crippen LogP contribution >= 0.6 is 11.6 Å². The van der Waals surface area contributed by atoms with Gasteiger partial charge in [-0.05, 0) is 32.0 Å². The van der Waals surface area contributed by atoms with E-state index >= 15 is 0 Å². The van der Waals surface area contributed by atoms with E-state index in [0.29, 0.717) is 10.6 Å². The summed E-state index contributed by atoms with van der Waals surface area (Å²) in [6.45, 7) is 3.65. The maximum atomic E-state index is 12.3. The fourth-order valence-corrected chi connectivity index (χ4v) is 1.80. The Hall–Kier alpha value is -1.57. The third-order valence-corrected chi connectivity index (χ3v) is 2.68. The highest BCUT2D eigenvalue weighted by atomic mass is 35.5. The summed E-state index contributed by atoms with van der Waals surface area (Å²) in [6.07, 6.45) is -0.906. The van der Waals surface area contributed by atoms with E-state index in [2.05, 4.69) is 0 Å². The van der Waals surface area contributed by atoms with Crippen LogP contribution < -0.4 is 0 Å². The van der Waals surface area contributed by atoms with Crippen LogP contribution in [-0.2, 0) is 4.74 Å². The number of benzene rings is 1. The minimum atomic E-state index is -0.906.